The largest absolute Gasteiger partial charge is 0.480 e. The van der Waals surface area contributed by atoms with Crippen LogP contribution < -0.4 is 0 Å². The van der Waals surface area contributed by atoms with E-state index in [1.165, 1.54) is 7.05 Å². The molecule has 25 heavy (non-hydrogen) atoms. The van der Waals surface area contributed by atoms with Crippen molar-refractivity contribution >= 4 is 18.1 Å². The van der Waals surface area contributed by atoms with Crippen molar-refractivity contribution in [2.24, 2.45) is 0 Å². The van der Waals surface area contributed by atoms with Crippen LogP contribution in [0.3, 0.4) is 0 Å². The van der Waals surface area contributed by atoms with Gasteiger partial charge in [0.1, 0.15) is 11.6 Å². The second-order valence-corrected chi connectivity index (χ2v) is 7.83. The average molecular weight is 347 g/mol. The zero-order valence-electron chi connectivity index (χ0n) is 16.2. The first-order chi connectivity index (χ1) is 11.3. The summed E-state index contributed by atoms with van der Waals surface area (Å²) >= 11 is 0. The highest BCUT2D eigenvalue weighted by Gasteiger charge is 2.43. The number of likely N-dealkylation sites (N-methyl/N-ethyl adjacent to an activating group) is 1. The highest BCUT2D eigenvalue weighted by Crippen LogP contribution is 2.33. The minimum atomic E-state index is -1.08. The number of benzene rings is 1. The molecule has 1 unspecified atom stereocenters. The summed E-state index contributed by atoms with van der Waals surface area (Å²) in [7, 11) is 1.46. The summed E-state index contributed by atoms with van der Waals surface area (Å²) in [5, 5.41) is 9.81. The predicted octanol–water partition coefficient (Wildman–Crippen LogP) is 4.24. The van der Waals surface area contributed by atoms with Gasteiger partial charge in [0, 0.05) is 12.5 Å². The molecule has 0 bridgehead atoms. The van der Waals surface area contributed by atoms with Crippen molar-refractivity contribution in [2.45, 2.75) is 58.6 Å². The number of aliphatic carboxylic acids is 1. The van der Waals surface area contributed by atoms with Crippen LogP contribution in [0.5, 0.6) is 0 Å². The Morgan fingerprint density at radius 1 is 1.24 bits per heavy atom. The van der Waals surface area contributed by atoms with E-state index in [4.69, 9.17) is 4.74 Å². The summed E-state index contributed by atoms with van der Waals surface area (Å²) in [6, 6.07) is 4.67. The molecule has 0 saturated carbocycles. The van der Waals surface area contributed by atoms with Gasteiger partial charge in [-0.1, -0.05) is 44.7 Å². The molecule has 5 heteroatoms. The van der Waals surface area contributed by atoms with Crippen molar-refractivity contribution in [3.8, 4) is 0 Å². The standard InChI is InChI=1S/C20H29NO4/c1-9-14-10-11-15(13(2)12-14)20(6,7)16(17(22)23)21(8)18(24)25-19(3,4)5/h9-12,16H,1H2,2-8H3,(H,22,23). The molecule has 0 aromatic heterocycles. The Balaban J connectivity index is 3.30. The number of nitrogens with zero attached hydrogens (tertiary/aromatic N) is 1. The van der Waals surface area contributed by atoms with Crippen LogP contribution in [0, 0.1) is 6.92 Å². The van der Waals surface area contributed by atoms with Crippen molar-refractivity contribution < 1.29 is 19.4 Å². The molecule has 1 N–H and O–H groups in total. The highest BCUT2D eigenvalue weighted by atomic mass is 16.6. The molecule has 1 amide bonds. The molecule has 0 aliphatic heterocycles. The average Bonchev–Trinajstić information content (AvgIpc) is 2.44. The maximum absolute atomic E-state index is 12.4. The number of amides is 1. The normalized spacial score (nSPS) is 13.1. The molecule has 0 aliphatic rings. The van der Waals surface area contributed by atoms with E-state index in [1.54, 1.807) is 26.8 Å². The van der Waals surface area contributed by atoms with Crippen LogP contribution in [-0.2, 0) is 14.9 Å². The van der Waals surface area contributed by atoms with Crippen LogP contribution in [0.1, 0.15) is 51.3 Å². The third kappa shape index (κ3) is 4.84. The number of carboxylic acids is 1. The predicted molar refractivity (Wildman–Crippen MR) is 99.7 cm³/mol. The highest BCUT2D eigenvalue weighted by molar-refractivity contribution is 5.82. The van der Waals surface area contributed by atoms with Gasteiger partial charge < -0.3 is 9.84 Å². The van der Waals surface area contributed by atoms with E-state index in [-0.39, 0.29) is 0 Å². The Bertz CT molecular complexity index is 671. The molecule has 1 atom stereocenters. The first-order valence-electron chi connectivity index (χ1n) is 8.23. The van der Waals surface area contributed by atoms with E-state index in [1.807, 2.05) is 39.0 Å². The molecule has 1 aromatic carbocycles. The first kappa shape index (κ1) is 20.7. The Morgan fingerprint density at radius 3 is 2.20 bits per heavy atom. The lowest BCUT2D eigenvalue weighted by atomic mass is 9.75. The molecular weight excluding hydrogens is 318 g/mol. The number of carboxylic acid groups (broad SMARTS) is 1. The van der Waals surface area contributed by atoms with Gasteiger partial charge in [-0.2, -0.15) is 0 Å². The second-order valence-electron chi connectivity index (χ2n) is 7.83. The van der Waals surface area contributed by atoms with E-state index < -0.39 is 29.1 Å². The van der Waals surface area contributed by atoms with Crippen molar-refractivity contribution in [3.63, 3.8) is 0 Å². The fourth-order valence-corrected chi connectivity index (χ4v) is 3.08. The van der Waals surface area contributed by atoms with Crippen LogP contribution in [0.4, 0.5) is 4.79 Å². The van der Waals surface area contributed by atoms with Crippen LogP contribution in [0.15, 0.2) is 24.8 Å². The quantitative estimate of drug-likeness (QED) is 0.865. The van der Waals surface area contributed by atoms with E-state index in [9.17, 15) is 14.7 Å². The lowest BCUT2D eigenvalue weighted by Crippen LogP contribution is -2.54. The number of aryl methyl sites for hydroxylation is 1. The Labute approximate surface area is 150 Å². The van der Waals surface area contributed by atoms with E-state index in [2.05, 4.69) is 6.58 Å². The summed E-state index contributed by atoms with van der Waals surface area (Å²) in [6.45, 7) is 14.6. The molecule has 0 heterocycles. The third-order valence-electron chi connectivity index (χ3n) is 4.17. The molecular formula is C20H29NO4. The Hall–Kier alpha value is -2.30. The fraction of sp³-hybridized carbons (Fsp3) is 0.500. The summed E-state index contributed by atoms with van der Waals surface area (Å²) < 4.78 is 5.34. The monoisotopic (exact) mass is 347 g/mol. The topological polar surface area (TPSA) is 66.8 Å². The molecule has 0 radical (unpaired) electrons. The van der Waals surface area contributed by atoms with Gasteiger partial charge in [0.2, 0.25) is 0 Å². The number of hydrogen-bond donors (Lipinski definition) is 1. The molecule has 138 valence electrons. The molecule has 1 aromatic rings. The van der Waals surface area contributed by atoms with Gasteiger partial charge >= 0.3 is 12.1 Å². The minimum Gasteiger partial charge on any atom is -0.480 e. The van der Waals surface area contributed by atoms with E-state index in [0.717, 1.165) is 21.6 Å². The summed E-state index contributed by atoms with van der Waals surface area (Å²) in [5.74, 6) is -1.08. The van der Waals surface area contributed by atoms with E-state index in [0.29, 0.717) is 0 Å². The number of carbonyl (C=O) groups excluding carboxylic acids is 1. The Morgan fingerprint density at radius 2 is 1.80 bits per heavy atom. The number of rotatable bonds is 5. The zero-order chi connectivity index (χ0) is 19.6. The lowest BCUT2D eigenvalue weighted by Gasteiger charge is -2.39. The van der Waals surface area contributed by atoms with Crippen LogP contribution in [-0.4, -0.2) is 40.8 Å². The molecule has 1 rings (SSSR count). The molecule has 0 aliphatic carbocycles. The van der Waals surface area contributed by atoms with Gasteiger partial charge in [-0.25, -0.2) is 9.59 Å². The SMILES string of the molecule is C=Cc1ccc(C(C)(C)C(C(=O)O)N(C)C(=O)OC(C)(C)C)c(C)c1. The van der Waals surface area contributed by atoms with Gasteiger partial charge in [-0.15, -0.1) is 0 Å². The second kappa shape index (κ2) is 7.30. The maximum atomic E-state index is 12.4. The maximum Gasteiger partial charge on any atom is 0.410 e. The third-order valence-corrected chi connectivity index (χ3v) is 4.17. The van der Waals surface area contributed by atoms with Gasteiger partial charge in [0.05, 0.1) is 0 Å². The van der Waals surface area contributed by atoms with Crippen LogP contribution >= 0.6 is 0 Å². The number of carbonyl (C=O) groups is 2. The van der Waals surface area contributed by atoms with Gasteiger partial charge in [0.15, 0.2) is 0 Å². The summed E-state index contributed by atoms with van der Waals surface area (Å²) in [5.41, 5.74) is 1.26. The first-order valence-corrected chi connectivity index (χ1v) is 8.23. The fourth-order valence-electron chi connectivity index (χ4n) is 3.08. The van der Waals surface area contributed by atoms with Gasteiger partial charge in [-0.3, -0.25) is 4.90 Å². The molecule has 0 fully saturated rings. The summed E-state index contributed by atoms with van der Waals surface area (Å²) in [6.07, 6.45) is 1.08. The van der Waals surface area contributed by atoms with Crippen molar-refractivity contribution in [1.82, 2.24) is 4.90 Å². The van der Waals surface area contributed by atoms with Gasteiger partial charge in [0.25, 0.3) is 0 Å². The van der Waals surface area contributed by atoms with Crippen molar-refractivity contribution in [2.75, 3.05) is 7.05 Å². The zero-order valence-corrected chi connectivity index (χ0v) is 16.2. The minimum absolute atomic E-state index is 0.659. The molecule has 0 saturated heterocycles. The number of ether oxygens (including phenoxy) is 1. The molecule has 0 spiro atoms. The number of hydrogen-bond acceptors (Lipinski definition) is 3. The van der Waals surface area contributed by atoms with Gasteiger partial charge in [-0.05, 0) is 44.4 Å². The molecule has 5 nitrogen and oxygen atoms in total. The lowest BCUT2D eigenvalue weighted by molar-refractivity contribution is -0.145. The van der Waals surface area contributed by atoms with Crippen molar-refractivity contribution in [3.05, 3.63) is 41.5 Å². The van der Waals surface area contributed by atoms with E-state index >= 15 is 0 Å². The Kier molecular flexibility index (Phi) is 6.05. The summed E-state index contributed by atoms with van der Waals surface area (Å²) in [4.78, 5) is 25.6. The van der Waals surface area contributed by atoms with Crippen molar-refractivity contribution in [1.29, 1.82) is 0 Å². The smallest absolute Gasteiger partial charge is 0.410 e. The van der Waals surface area contributed by atoms with Crippen LogP contribution in [0.25, 0.3) is 6.08 Å². The van der Waals surface area contributed by atoms with Crippen LogP contribution in [0.2, 0.25) is 0 Å².